The first-order chi connectivity index (χ1) is 8.12. The zero-order valence-corrected chi connectivity index (χ0v) is 10.7. The van der Waals surface area contributed by atoms with Crippen LogP contribution in [0.3, 0.4) is 0 Å². The van der Waals surface area contributed by atoms with E-state index in [0.29, 0.717) is 0 Å². The van der Waals surface area contributed by atoms with E-state index in [1.165, 1.54) is 16.5 Å². The fraction of sp³-hybridized carbons (Fsp3) is 0.333. The summed E-state index contributed by atoms with van der Waals surface area (Å²) >= 11 is 0. The van der Waals surface area contributed by atoms with Gasteiger partial charge in [0.2, 0.25) is 0 Å². The van der Waals surface area contributed by atoms with Crippen LogP contribution in [-0.2, 0) is 0 Å². The highest BCUT2D eigenvalue weighted by atomic mass is 15.0. The van der Waals surface area contributed by atoms with E-state index in [1.807, 2.05) is 7.05 Å². The van der Waals surface area contributed by atoms with Crippen LogP contribution in [0.5, 0.6) is 0 Å². The molecule has 0 radical (unpaired) electrons. The van der Waals surface area contributed by atoms with Crippen molar-refractivity contribution in [2.75, 3.05) is 18.9 Å². The summed E-state index contributed by atoms with van der Waals surface area (Å²) in [6.07, 6.45) is 0. The number of anilines is 1. The Hall–Kier alpha value is -1.54. The van der Waals surface area contributed by atoms with Crippen molar-refractivity contribution in [3.8, 4) is 0 Å². The highest BCUT2D eigenvalue weighted by Gasteiger charge is 2.14. The van der Waals surface area contributed by atoms with Crippen LogP contribution in [0, 0.1) is 0 Å². The zero-order valence-electron chi connectivity index (χ0n) is 10.7. The number of nitrogens with one attached hydrogen (secondary N) is 2. The maximum atomic E-state index is 3.52. The van der Waals surface area contributed by atoms with Gasteiger partial charge in [-0.05, 0) is 32.3 Å². The topological polar surface area (TPSA) is 24.1 Å². The smallest absolute Gasteiger partial charge is 0.0420 e. The molecule has 0 aliphatic rings. The summed E-state index contributed by atoms with van der Waals surface area (Å²) in [5.74, 6) is 0. The third kappa shape index (κ3) is 2.77. The highest BCUT2D eigenvalue weighted by Crippen LogP contribution is 2.23. The van der Waals surface area contributed by atoms with Gasteiger partial charge in [0.25, 0.3) is 0 Å². The summed E-state index contributed by atoms with van der Waals surface area (Å²) < 4.78 is 0. The summed E-state index contributed by atoms with van der Waals surface area (Å²) in [6.45, 7) is 5.27. The van der Waals surface area contributed by atoms with E-state index in [2.05, 4.69) is 66.9 Å². The van der Waals surface area contributed by atoms with Crippen molar-refractivity contribution >= 4 is 16.5 Å². The summed E-state index contributed by atoms with van der Waals surface area (Å²) in [5, 5.41) is 9.37. The van der Waals surface area contributed by atoms with E-state index in [4.69, 9.17) is 0 Å². The predicted octanol–water partition coefficient (Wildman–Crippen LogP) is 3.25. The Kier molecular flexibility index (Phi) is 3.34. The Balaban J connectivity index is 2.24. The van der Waals surface area contributed by atoms with E-state index in [0.717, 1.165) is 6.54 Å². The van der Waals surface area contributed by atoms with Gasteiger partial charge in [0.1, 0.15) is 0 Å². The second kappa shape index (κ2) is 4.76. The number of likely N-dealkylation sites (N-methyl/N-ethyl adjacent to an activating group) is 1. The zero-order chi connectivity index (χ0) is 12.3. The third-order valence-corrected chi connectivity index (χ3v) is 3.19. The Labute approximate surface area is 103 Å². The van der Waals surface area contributed by atoms with Gasteiger partial charge in [-0.3, -0.25) is 0 Å². The number of fused-ring (bicyclic) bond motifs is 1. The second-order valence-corrected chi connectivity index (χ2v) is 5.01. The Bertz CT molecular complexity index is 498. The van der Waals surface area contributed by atoms with Crippen LogP contribution in [0.15, 0.2) is 42.5 Å². The number of hydrogen-bond donors (Lipinski definition) is 2. The standard InChI is InChI=1S/C15H20N2/c1-15(2,16-3)11-17-14-10-6-8-12-7-4-5-9-13(12)14/h4-10,16-17H,11H2,1-3H3. The van der Waals surface area contributed by atoms with Gasteiger partial charge in [-0.2, -0.15) is 0 Å². The van der Waals surface area contributed by atoms with Crippen molar-refractivity contribution in [2.45, 2.75) is 19.4 Å². The van der Waals surface area contributed by atoms with E-state index < -0.39 is 0 Å². The molecule has 0 bridgehead atoms. The molecule has 0 heterocycles. The van der Waals surface area contributed by atoms with Crippen LogP contribution in [0.4, 0.5) is 5.69 Å². The lowest BCUT2D eigenvalue weighted by atomic mass is 10.0. The van der Waals surface area contributed by atoms with Crippen LogP contribution in [0.25, 0.3) is 10.8 Å². The molecule has 0 aliphatic carbocycles. The number of hydrogen-bond acceptors (Lipinski definition) is 2. The molecule has 2 N–H and O–H groups in total. The molecule has 2 heteroatoms. The van der Waals surface area contributed by atoms with Gasteiger partial charge < -0.3 is 10.6 Å². The first-order valence-electron chi connectivity index (χ1n) is 6.03. The van der Waals surface area contributed by atoms with E-state index >= 15 is 0 Å². The molecular weight excluding hydrogens is 208 g/mol. The fourth-order valence-electron chi connectivity index (χ4n) is 1.78. The molecule has 0 unspecified atom stereocenters. The lowest BCUT2D eigenvalue weighted by Crippen LogP contribution is -2.42. The fourth-order valence-corrected chi connectivity index (χ4v) is 1.78. The minimum atomic E-state index is 0.0942. The maximum absolute atomic E-state index is 3.52. The highest BCUT2D eigenvalue weighted by molar-refractivity contribution is 5.93. The van der Waals surface area contributed by atoms with Crippen molar-refractivity contribution < 1.29 is 0 Å². The van der Waals surface area contributed by atoms with E-state index in [1.54, 1.807) is 0 Å². The molecule has 17 heavy (non-hydrogen) atoms. The Morgan fingerprint density at radius 1 is 1.00 bits per heavy atom. The van der Waals surface area contributed by atoms with E-state index in [9.17, 15) is 0 Å². The molecule has 2 rings (SSSR count). The molecule has 0 spiro atoms. The molecular formula is C15H20N2. The molecule has 0 amide bonds. The SMILES string of the molecule is CNC(C)(C)CNc1cccc2ccccc12. The number of rotatable bonds is 4. The van der Waals surface area contributed by atoms with E-state index in [-0.39, 0.29) is 5.54 Å². The first kappa shape index (κ1) is 11.9. The van der Waals surface area contributed by atoms with Crippen LogP contribution < -0.4 is 10.6 Å². The van der Waals surface area contributed by atoms with Crippen molar-refractivity contribution in [3.05, 3.63) is 42.5 Å². The average Bonchev–Trinajstić information content (AvgIpc) is 2.36. The quantitative estimate of drug-likeness (QED) is 0.839. The summed E-state index contributed by atoms with van der Waals surface area (Å²) in [6, 6.07) is 14.8. The third-order valence-electron chi connectivity index (χ3n) is 3.19. The van der Waals surface area contributed by atoms with Crippen molar-refractivity contribution in [3.63, 3.8) is 0 Å². The van der Waals surface area contributed by atoms with Crippen LogP contribution in [0.1, 0.15) is 13.8 Å². The molecule has 2 aromatic carbocycles. The van der Waals surface area contributed by atoms with Gasteiger partial charge in [0.15, 0.2) is 0 Å². The Morgan fingerprint density at radius 2 is 1.71 bits per heavy atom. The predicted molar refractivity (Wildman–Crippen MR) is 75.6 cm³/mol. The summed E-state index contributed by atoms with van der Waals surface area (Å²) in [5.41, 5.74) is 1.29. The van der Waals surface area contributed by atoms with Gasteiger partial charge in [-0.25, -0.2) is 0 Å². The maximum Gasteiger partial charge on any atom is 0.0420 e. The van der Waals surface area contributed by atoms with Gasteiger partial charge in [-0.15, -0.1) is 0 Å². The molecule has 0 saturated heterocycles. The van der Waals surface area contributed by atoms with Crippen LogP contribution >= 0.6 is 0 Å². The largest absolute Gasteiger partial charge is 0.383 e. The molecule has 0 saturated carbocycles. The van der Waals surface area contributed by atoms with Gasteiger partial charge in [-0.1, -0.05) is 36.4 Å². The minimum absolute atomic E-state index is 0.0942. The second-order valence-electron chi connectivity index (χ2n) is 5.01. The molecule has 0 atom stereocenters. The molecule has 0 aliphatic heterocycles. The lowest BCUT2D eigenvalue weighted by Gasteiger charge is -2.25. The van der Waals surface area contributed by atoms with Crippen molar-refractivity contribution in [1.29, 1.82) is 0 Å². The molecule has 0 aromatic heterocycles. The first-order valence-corrected chi connectivity index (χ1v) is 6.03. The molecule has 90 valence electrons. The summed E-state index contributed by atoms with van der Waals surface area (Å²) in [4.78, 5) is 0. The Morgan fingerprint density at radius 3 is 2.47 bits per heavy atom. The normalized spacial score (nSPS) is 11.7. The van der Waals surface area contributed by atoms with Gasteiger partial charge >= 0.3 is 0 Å². The van der Waals surface area contributed by atoms with Crippen LogP contribution in [0.2, 0.25) is 0 Å². The van der Waals surface area contributed by atoms with Crippen LogP contribution in [-0.4, -0.2) is 19.1 Å². The molecule has 2 aromatic rings. The monoisotopic (exact) mass is 228 g/mol. The molecule has 0 fully saturated rings. The lowest BCUT2D eigenvalue weighted by molar-refractivity contribution is 0.448. The molecule has 2 nitrogen and oxygen atoms in total. The number of benzene rings is 2. The van der Waals surface area contributed by atoms with Gasteiger partial charge in [0.05, 0.1) is 0 Å². The van der Waals surface area contributed by atoms with Crippen molar-refractivity contribution in [1.82, 2.24) is 5.32 Å². The summed E-state index contributed by atoms with van der Waals surface area (Å²) in [7, 11) is 1.99. The average molecular weight is 228 g/mol. The van der Waals surface area contributed by atoms with Gasteiger partial charge in [0, 0.05) is 23.2 Å². The van der Waals surface area contributed by atoms with Crippen molar-refractivity contribution in [2.24, 2.45) is 0 Å². The minimum Gasteiger partial charge on any atom is -0.383 e.